The van der Waals surface area contributed by atoms with E-state index in [1.807, 2.05) is 0 Å². The number of phenols is 2. The molecule has 0 spiro atoms. The first kappa shape index (κ1) is 15.3. The number of nitrogens with zero attached hydrogens (tertiary/aromatic N) is 3. The van der Waals surface area contributed by atoms with Crippen LogP contribution in [-0.4, -0.2) is 31.5 Å². The molecule has 1 aromatic carbocycles. The first-order valence-corrected chi connectivity index (χ1v) is 7.53. The summed E-state index contributed by atoms with van der Waals surface area (Å²) >= 11 is 1.18. The molecule has 2 aromatic rings. The Labute approximate surface area is 135 Å². The summed E-state index contributed by atoms with van der Waals surface area (Å²) in [5, 5.41) is 50.0. The van der Waals surface area contributed by atoms with Crippen molar-refractivity contribution in [3.8, 4) is 11.5 Å². The molecule has 0 bridgehead atoms. The van der Waals surface area contributed by atoms with Gasteiger partial charge in [0.2, 0.25) is 0 Å². The molecule has 2 unspecified atom stereocenters. The third-order valence-electron chi connectivity index (χ3n) is 3.38. The van der Waals surface area contributed by atoms with Gasteiger partial charge in [-0.05, 0) is 18.2 Å². The number of azo groups is 1. The van der Waals surface area contributed by atoms with Gasteiger partial charge in [0.15, 0.2) is 17.1 Å². The van der Waals surface area contributed by atoms with Crippen molar-refractivity contribution in [2.45, 2.75) is 11.7 Å². The zero-order chi connectivity index (χ0) is 16.4. The summed E-state index contributed by atoms with van der Waals surface area (Å²) in [5.41, 5.74) is -1.71. The van der Waals surface area contributed by atoms with Gasteiger partial charge in [0.1, 0.15) is 22.5 Å². The highest BCUT2D eigenvalue weighted by atomic mass is 32.1. The van der Waals surface area contributed by atoms with Crippen LogP contribution in [0.15, 0.2) is 63.9 Å². The molecule has 1 aliphatic rings. The average molecular weight is 331 g/mol. The Morgan fingerprint density at radius 3 is 2.78 bits per heavy atom. The van der Waals surface area contributed by atoms with Crippen molar-refractivity contribution >= 4 is 17.0 Å². The zero-order valence-corrected chi connectivity index (χ0v) is 12.6. The van der Waals surface area contributed by atoms with Gasteiger partial charge >= 0.3 is 0 Å². The van der Waals surface area contributed by atoms with Crippen LogP contribution < -0.4 is 0 Å². The SMILES string of the molecule is Oc1cccc(N=NC2=CC=CC(O)C2(O)c2nccs2)c1O. The first-order chi connectivity index (χ1) is 11.0. The van der Waals surface area contributed by atoms with E-state index in [1.165, 1.54) is 47.9 Å². The van der Waals surface area contributed by atoms with E-state index < -0.39 is 17.5 Å². The third-order valence-corrected chi connectivity index (χ3v) is 4.28. The lowest BCUT2D eigenvalue weighted by atomic mass is 9.89. The number of rotatable bonds is 3. The maximum absolute atomic E-state index is 10.9. The van der Waals surface area contributed by atoms with Crippen LogP contribution in [0.4, 0.5) is 5.69 Å². The van der Waals surface area contributed by atoms with Crippen LogP contribution in [0.3, 0.4) is 0 Å². The number of aromatic nitrogens is 1. The Morgan fingerprint density at radius 2 is 2.04 bits per heavy atom. The number of allylic oxidation sites excluding steroid dienone is 2. The number of phenolic OH excluding ortho intramolecular Hbond substituents is 2. The Morgan fingerprint density at radius 1 is 1.22 bits per heavy atom. The zero-order valence-electron chi connectivity index (χ0n) is 11.7. The minimum atomic E-state index is -1.82. The van der Waals surface area contributed by atoms with Gasteiger partial charge < -0.3 is 20.4 Å². The molecule has 3 rings (SSSR count). The third kappa shape index (κ3) is 2.63. The fourth-order valence-corrected chi connectivity index (χ4v) is 2.91. The number of aliphatic hydroxyl groups excluding tert-OH is 1. The van der Waals surface area contributed by atoms with Gasteiger partial charge in [0.05, 0.1) is 0 Å². The van der Waals surface area contributed by atoms with Crippen molar-refractivity contribution < 1.29 is 20.4 Å². The van der Waals surface area contributed by atoms with Crippen molar-refractivity contribution in [2.75, 3.05) is 0 Å². The Balaban J connectivity index is 2.00. The second-order valence-electron chi connectivity index (χ2n) is 4.83. The van der Waals surface area contributed by atoms with Gasteiger partial charge in [0, 0.05) is 11.6 Å². The summed E-state index contributed by atoms with van der Waals surface area (Å²) in [5.74, 6) is -0.740. The van der Waals surface area contributed by atoms with Crippen molar-refractivity contribution in [3.05, 3.63) is 58.7 Å². The van der Waals surface area contributed by atoms with Crippen LogP contribution in [-0.2, 0) is 5.60 Å². The van der Waals surface area contributed by atoms with Gasteiger partial charge in [-0.25, -0.2) is 4.98 Å². The van der Waals surface area contributed by atoms with E-state index >= 15 is 0 Å². The van der Waals surface area contributed by atoms with E-state index in [0.29, 0.717) is 0 Å². The maximum Gasteiger partial charge on any atom is 0.189 e. The van der Waals surface area contributed by atoms with Crippen molar-refractivity contribution in [3.63, 3.8) is 0 Å². The summed E-state index contributed by atoms with van der Waals surface area (Å²) in [6.45, 7) is 0. The van der Waals surface area contributed by atoms with Gasteiger partial charge in [-0.2, -0.15) is 5.11 Å². The van der Waals surface area contributed by atoms with Gasteiger partial charge in [-0.3, -0.25) is 0 Å². The highest BCUT2D eigenvalue weighted by molar-refractivity contribution is 7.09. The molecule has 7 nitrogen and oxygen atoms in total. The molecule has 0 fully saturated rings. The van der Waals surface area contributed by atoms with E-state index in [9.17, 15) is 20.4 Å². The number of aliphatic hydroxyl groups is 2. The fraction of sp³-hybridized carbons (Fsp3) is 0.133. The van der Waals surface area contributed by atoms with E-state index in [4.69, 9.17) is 0 Å². The molecule has 1 heterocycles. The molecule has 8 heteroatoms. The van der Waals surface area contributed by atoms with E-state index in [2.05, 4.69) is 15.2 Å². The van der Waals surface area contributed by atoms with Crippen LogP contribution in [0.2, 0.25) is 0 Å². The van der Waals surface area contributed by atoms with Gasteiger partial charge in [-0.1, -0.05) is 18.2 Å². The summed E-state index contributed by atoms with van der Waals surface area (Å²) in [7, 11) is 0. The molecule has 4 N–H and O–H groups in total. The van der Waals surface area contributed by atoms with Crippen LogP contribution in [0.1, 0.15) is 5.01 Å². The van der Waals surface area contributed by atoms with Crippen molar-refractivity contribution in [1.82, 2.24) is 4.98 Å². The number of hydrogen-bond donors (Lipinski definition) is 4. The van der Waals surface area contributed by atoms with Crippen LogP contribution >= 0.6 is 11.3 Å². The predicted octanol–water partition coefficient (Wildman–Crippen LogP) is 2.34. The lowest BCUT2D eigenvalue weighted by molar-refractivity contribution is -0.0306. The quantitative estimate of drug-likeness (QED) is 0.508. The Hall–Kier alpha value is -2.55. The van der Waals surface area contributed by atoms with Crippen LogP contribution in [0.5, 0.6) is 11.5 Å². The highest BCUT2D eigenvalue weighted by Crippen LogP contribution is 2.40. The molecule has 23 heavy (non-hydrogen) atoms. The number of aromatic hydroxyl groups is 2. The molecular formula is C15H13N3O4S. The number of thiazole rings is 1. The fourth-order valence-electron chi connectivity index (χ4n) is 2.13. The standard InChI is InChI=1S/C15H13N3O4S/c19-10-4-1-3-9(13(10)21)17-18-11-5-2-6-12(20)15(11,22)14-16-7-8-23-14/h1-8,12,19-22H. The summed E-state index contributed by atoms with van der Waals surface area (Å²) < 4.78 is 0. The highest BCUT2D eigenvalue weighted by Gasteiger charge is 2.44. The molecule has 0 saturated heterocycles. The van der Waals surface area contributed by atoms with E-state index in [0.717, 1.165) is 0 Å². The molecule has 0 amide bonds. The molecule has 0 aliphatic heterocycles. The lowest BCUT2D eigenvalue weighted by Crippen LogP contribution is -2.41. The van der Waals surface area contributed by atoms with Crippen molar-refractivity contribution in [1.29, 1.82) is 0 Å². The summed E-state index contributed by atoms with van der Waals surface area (Å²) in [4.78, 5) is 4.04. The maximum atomic E-state index is 10.9. The largest absolute Gasteiger partial charge is 0.504 e. The second kappa shape index (κ2) is 5.92. The normalized spacial score (nSPS) is 24.1. The first-order valence-electron chi connectivity index (χ1n) is 6.65. The number of para-hydroxylation sites is 1. The predicted molar refractivity (Wildman–Crippen MR) is 83.5 cm³/mol. The van der Waals surface area contributed by atoms with Crippen LogP contribution in [0.25, 0.3) is 0 Å². The second-order valence-corrected chi connectivity index (χ2v) is 5.72. The Bertz CT molecular complexity index is 801. The molecule has 1 aliphatic carbocycles. The summed E-state index contributed by atoms with van der Waals surface area (Å²) in [6, 6.07) is 4.27. The molecule has 0 radical (unpaired) electrons. The van der Waals surface area contributed by atoms with Crippen LogP contribution in [0, 0.1) is 0 Å². The van der Waals surface area contributed by atoms with Crippen molar-refractivity contribution in [2.24, 2.45) is 10.2 Å². The smallest absolute Gasteiger partial charge is 0.189 e. The molecule has 118 valence electrons. The van der Waals surface area contributed by atoms with E-state index in [1.54, 1.807) is 11.5 Å². The minimum Gasteiger partial charge on any atom is -0.504 e. The summed E-state index contributed by atoms with van der Waals surface area (Å²) in [6.07, 6.45) is 4.75. The monoisotopic (exact) mass is 331 g/mol. The van der Waals surface area contributed by atoms with Gasteiger partial charge in [-0.15, -0.1) is 16.5 Å². The number of hydrogen-bond acceptors (Lipinski definition) is 8. The number of benzene rings is 1. The average Bonchev–Trinajstić information content (AvgIpc) is 3.07. The molecular weight excluding hydrogens is 318 g/mol. The topological polar surface area (TPSA) is 119 Å². The molecule has 0 saturated carbocycles. The molecule has 2 atom stereocenters. The van der Waals surface area contributed by atoms with E-state index in [-0.39, 0.29) is 22.1 Å². The lowest BCUT2D eigenvalue weighted by Gasteiger charge is -2.31. The van der Waals surface area contributed by atoms with Gasteiger partial charge in [0.25, 0.3) is 0 Å². The molecule has 1 aromatic heterocycles. The minimum absolute atomic E-state index is 0.0384. The Kier molecular flexibility index (Phi) is 3.95.